The number of benzene rings is 5. The lowest BCUT2D eigenvalue weighted by molar-refractivity contribution is -0.143. The van der Waals surface area contributed by atoms with Crippen LogP contribution in [0.1, 0.15) is 42.7 Å². The molecule has 48 heavy (non-hydrogen) atoms. The van der Waals surface area contributed by atoms with Crippen molar-refractivity contribution in [3.05, 3.63) is 175 Å². The number of esters is 2. The molecule has 5 aromatic rings. The van der Waals surface area contributed by atoms with E-state index in [2.05, 4.69) is 18.1 Å². The van der Waals surface area contributed by atoms with Gasteiger partial charge in [-0.25, -0.2) is 14.6 Å². The maximum atomic E-state index is 11.8. The van der Waals surface area contributed by atoms with E-state index in [9.17, 15) is 9.59 Å². The monoisotopic (exact) mass is 635 g/mol. The number of rotatable bonds is 13. The third kappa shape index (κ3) is 8.33. The van der Waals surface area contributed by atoms with Crippen LogP contribution >= 0.6 is 0 Å². The van der Waals surface area contributed by atoms with Crippen LogP contribution in [0.2, 0.25) is 0 Å². The van der Waals surface area contributed by atoms with Gasteiger partial charge in [-0.1, -0.05) is 86.0 Å². The summed E-state index contributed by atoms with van der Waals surface area (Å²) in [4.78, 5) is 25.6. The lowest BCUT2D eigenvalue weighted by Gasteiger charge is -2.26. The quantitative estimate of drug-likeness (QED) is 0.0555. The van der Waals surface area contributed by atoms with Crippen molar-refractivity contribution in [2.75, 3.05) is 9.91 Å². The predicted octanol–water partition coefficient (Wildman–Crippen LogP) is 9.91. The lowest BCUT2D eigenvalue weighted by Crippen LogP contribution is -2.12. The van der Waals surface area contributed by atoms with Crippen LogP contribution in [0.15, 0.2) is 164 Å². The van der Waals surface area contributed by atoms with Crippen LogP contribution in [0.3, 0.4) is 0 Å². The first-order valence-electron chi connectivity index (χ1n) is 15.6. The minimum atomic E-state index is -0.472. The van der Waals surface area contributed by atoms with Crippen molar-refractivity contribution < 1.29 is 19.1 Å². The predicted molar refractivity (Wildman–Crippen MR) is 193 cm³/mol. The summed E-state index contributed by atoms with van der Waals surface area (Å²) in [7, 11) is 0. The van der Waals surface area contributed by atoms with Crippen LogP contribution in [-0.2, 0) is 19.1 Å². The van der Waals surface area contributed by atoms with Gasteiger partial charge in [0.05, 0.1) is 17.6 Å². The molecule has 2 unspecified atom stereocenters. The van der Waals surface area contributed by atoms with E-state index in [-0.39, 0.29) is 0 Å². The first-order chi connectivity index (χ1) is 23.4. The van der Waals surface area contributed by atoms with E-state index >= 15 is 0 Å². The van der Waals surface area contributed by atoms with Crippen LogP contribution in [0, 0.1) is 0 Å². The largest absolute Gasteiger partial charge is 0.455 e. The molecule has 0 aliphatic carbocycles. The van der Waals surface area contributed by atoms with Crippen molar-refractivity contribution >= 4 is 46.6 Å². The molecule has 0 fully saturated rings. The molecule has 0 bridgehead atoms. The van der Waals surface area contributed by atoms with E-state index in [1.165, 1.54) is 0 Å². The Morgan fingerprint density at radius 2 is 0.938 bits per heavy atom. The second-order valence-electron chi connectivity index (χ2n) is 10.9. The maximum Gasteiger partial charge on any atom is 0.330 e. The number of nitrogens with zero attached hydrogens (tertiary/aromatic N) is 3. The summed E-state index contributed by atoms with van der Waals surface area (Å²) in [5, 5.41) is 6.75. The summed E-state index contributed by atoms with van der Waals surface area (Å²) in [6, 6.07) is 43.9. The molecule has 0 spiro atoms. The highest BCUT2D eigenvalue weighted by atomic mass is 16.5. The Labute approximate surface area is 281 Å². The number of ether oxygens (including phenoxy) is 2. The molecule has 0 radical (unpaired) electrons. The van der Waals surface area contributed by atoms with Gasteiger partial charge in [-0.05, 0) is 91.2 Å². The van der Waals surface area contributed by atoms with Gasteiger partial charge in [0.25, 0.3) is 0 Å². The van der Waals surface area contributed by atoms with Gasteiger partial charge in [-0.15, -0.1) is 0 Å². The Hall–Kier alpha value is -6.21. The highest BCUT2D eigenvalue weighted by molar-refractivity contribution is 5.85. The molecular weight excluding hydrogens is 598 g/mol. The number of hydrazone groups is 1. The van der Waals surface area contributed by atoms with Gasteiger partial charge in [-0.2, -0.15) is 5.10 Å². The number of carbonyl (C=O) groups is 2. The van der Waals surface area contributed by atoms with E-state index in [0.717, 1.165) is 57.3 Å². The van der Waals surface area contributed by atoms with Crippen molar-refractivity contribution in [2.45, 2.75) is 26.1 Å². The van der Waals surface area contributed by atoms with Crippen LogP contribution in [0.5, 0.6) is 0 Å². The summed E-state index contributed by atoms with van der Waals surface area (Å²) < 4.78 is 10.8. The topological polar surface area (TPSA) is 71.4 Å². The second kappa shape index (κ2) is 15.9. The van der Waals surface area contributed by atoms with Crippen molar-refractivity contribution in [3.63, 3.8) is 0 Å². The number of hydrogen-bond donors (Lipinski definition) is 0. The van der Waals surface area contributed by atoms with E-state index in [1.54, 1.807) is 0 Å². The molecule has 0 saturated heterocycles. The molecule has 7 heteroatoms. The molecule has 0 heterocycles. The molecule has 0 aliphatic rings. The number of para-hydroxylation sites is 2. The zero-order valence-electron chi connectivity index (χ0n) is 27.0. The fourth-order valence-electron chi connectivity index (χ4n) is 5.07. The average molecular weight is 636 g/mol. The maximum absolute atomic E-state index is 11.8. The van der Waals surface area contributed by atoms with Crippen LogP contribution < -0.4 is 9.91 Å². The minimum absolute atomic E-state index is 0.429. The molecule has 240 valence electrons. The third-order valence-electron chi connectivity index (χ3n) is 7.64. The molecule has 0 amide bonds. The first kappa shape index (κ1) is 33.2. The second-order valence-corrected chi connectivity index (χ2v) is 10.9. The van der Waals surface area contributed by atoms with Crippen molar-refractivity contribution in [1.82, 2.24) is 0 Å². The zero-order chi connectivity index (χ0) is 33.9. The van der Waals surface area contributed by atoms with Gasteiger partial charge in [0, 0.05) is 29.2 Å². The van der Waals surface area contributed by atoms with Crippen molar-refractivity contribution in [1.29, 1.82) is 0 Å². The van der Waals surface area contributed by atoms with Gasteiger partial charge < -0.3 is 14.4 Å². The SMILES string of the molecule is C=CC(=O)OC(C)c1ccc(N(c2ccc(C=NN(c3ccccc3)c3ccccc3)cc2)c2ccc(C(C)OC(=O)C=C)cc2)cc1. The molecule has 0 saturated carbocycles. The van der Waals surface area contributed by atoms with E-state index < -0.39 is 24.1 Å². The molecule has 5 rings (SSSR count). The first-order valence-corrected chi connectivity index (χ1v) is 15.6. The average Bonchev–Trinajstić information content (AvgIpc) is 3.13. The van der Waals surface area contributed by atoms with Gasteiger partial charge in [0.15, 0.2) is 0 Å². The summed E-state index contributed by atoms with van der Waals surface area (Å²) >= 11 is 0. The minimum Gasteiger partial charge on any atom is -0.455 e. The Morgan fingerprint density at radius 3 is 1.31 bits per heavy atom. The Bertz CT molecular complexity index is 1740. The Morgan fingerprint density at radius 1 is 0.562 bits per heavy atom. The molecular formula is C41H37N3O4. The van der Waals surface area contributed by atoms with Crippen LogP contribution in [0.4, 0.5) is 28.4 Å². The van der Waals surface area contributed by atoms with E-state index in [4.69, 9.17) is 14.6 Å². The van der Waals surface area contributed by atoms with Gasteiger partial charge >= 0.3 is 11.9 Å². The fraction of sp³-hybridized carbons (Fsp3) is 0.0976. The van der Waals surface area contributed by atoms with Gasteiger partial charge in [0.2, 0.25) is 0 Å². The van der Waals surface area contributed by atoms with E-state index in [1.807, 2.05) is 159 Å². The summed E-state index contributed by atoms with van der Waals surface area (Å²) in [6.07, 6.45) is 3.30. The fourth-order valence-corrected chi connectivity index (χ4v) is 5.07. The summed E-state index contributed by atoms with van der Waals surface area (Å²) in [6.45, 7) is 10.6. The number of anilines is 5. The standard InChI is InChI=1S/C41H37N3O4/c1-5-40(45)47-30(3)33-19-25-36(26-20-33)43(37-27-21-34(22-28-37)31(4)48-41(46)6-2)35-23-17-32(18-24-35)29-42-44(38-13-9-7-10-14-38)39-15-11-8-12-16-39/h5-31H,1-2H2,3-4H3. The van der Waals surface area contributed by atoms with Crippen molar-refractivity contribution in [2.24, 2.45) is 5.10 Å². The Kier molecular flexibility index (Phi) is 11.0. The molecule has 7 nitrogen and oxygen atoms in total. The smallest absolute Gasteiger partial charge is 0.330 e. The zero-order valence-corrected chi connectivity index (χ0v) is 27.0. The summed E-state index contributed by atoms with van der Waals surface area (Å²) in [5.41, 5.74) is 7.28. The molecule has 5 aromatic carbocycles. The lowest BCUT2D eigenvalue weighted by atomic mass is 10.1. The third-order valence-corrected chi connectivity index (χ3v) is 7.64. The highest BCUT2D eigenvalue weighted by Gasteiger charge is 2.17. The van der Waals surface area contributed by atoms with Crippen LogP contribution in [-0.4, -0.2) is 18.2 Å². The molecule has 0 N–H and O–H groups in total. The normalized spacial score (nSPS) is 12.0. The number of carbonyl (C=O) groups excluding carboxylic acids is 2. The van der Waals surface area contributed by atoms with Gasteiger partial charge in [-0.3, -0.25) is 0 Å². The van der Waals surface area contributed by atoms with Gasteiger partial charge in [0.1, 0.15) is 12.2 Å². The molecule has 0 aliphatic heterocycles. The highest BCUT2D eigenvalue weighted by Crippen LogP contribution is 2.36. The van der Waals surface area contributed by atoms with Crippen LogP contribution in [0.25, 0.3) is 0 Å². The number of hydrogen-bond acceptors (Lipinski definition) is 7. The Balaban J connectivity index is 1.45. The summed E-state index contributed by atoms with van der Waals surface area (Å²) in [5.74, 6) is -0.943. The van der Waals surface area contributed by atoms with Crippen molar-refractivity contribution in [3.8, 4) is 0 Å². The molecule has 0 aromatic heterocycles. The molecule has 2 atom stereocenters. The van der Waals surface area contributed by atoms with E-state index in [0.29, 0.717) is 0 Å².